The summed E-state index contributed by atoms with van der Waals surface area (Å²) in [5.41, 5.74) is 2.11. The first-order valence-electron chi connectivity index (χ1n) is 7.99. The molecule has 0 bridgehead atoms. The highest BCUT2D eigenvalue weighted by Gasteiger charge is 2.21. The number of rotatable bonds is 6. The average Bonchev–Trinajstić information content (AvgIpc) is 3.14. The van der Waals surface area contributed by atoms with Crippen molar-refractivity contribution in [1.82, 2.24) is 9.88 Å². The summed E-state index contributed by atoms with van der Waals surface area (Å²) in [5.74, 6) is 0.0528. The quantitative estimate of drug-likeness (QED) is 0.559. The number of carbonyl (C=O) groups is 1. The molecular weight excluding hydrogens is 409 g/mol. The maximum absolute atomic E-state index is 12.9. The Hall–Kier alpha value is -1.18. The van der Waals surface area contributed by atoms with E-state index in [4.69, 9.17) is 16.6 Å². The molecule has 0 fully saturated rings. The molecule has 0 spiro atoms. The maximum atomic E-state index is 12.9. The Kier molecular flexibility index (Phi) is 7.43. The summed E-state index contributed by atoms with van der Waals surface area (Å²) in [6, 6.07) is 9.87. The van der Waals surface area contributed by atoms with Gasteiger partial charge < -0.3 is 4.90 Å². The number of amides is 1. The molecule has 1 aromatic carbocycles. The van der Waals surface area contributed by atoms with E-state index in [0.29, 0.717) is 17.3 Å². The molecule has 3 aromatic rings. The Morgan fingerprint density at radius 3 is 2.54 bits per heavy atom. The smallest absolute Gasteiger partial charge is 0.234 e. The molecule has 0 aliphatic rings. The van der Waals surface area contributed by atoms with Crippen molar-refractivity contribution >= 4 is 67.9 Å². The van der Waals surface area contributed by atoms with Crippen LogP contribution >= 0.6 is 46.7 Å². The number of fused-ring (bicyclic) bond motifs is 1. The van der Waals surface area contributed by atoms with Crippen molar-refractivity contribution in [2.24, 2.45) is 0 Å². The Morgan fingerprint density at radius 2 is 1.92 bits per heavy atom. The van der Waals surface area contributed by atoms with Crippen molar-refractivity contribution in [3.8, 4) is 0 Å². The van der Waals surface area contributed by atoms with Crippen LogP contribution in [-0.2, 0) is 11.2 Å². The molecule has 2 heterocycles. The lowest BCUT2D eigenvalue weighted by atomic mass is 10.2. The molecule has 3 rings (SSSR count). The summed E-state index contributed by atoms with van der Waals surface area (Å²) in [4.78, 5) is 22.5. The molecule has 0 unspecified atom stereocenters. The molecular formula is C18H21Cl2N3OS2. The molecule has 26 heavy (non-hydrogen) atoms. The van der Waals surface area contributed by atoms with Gasteiger partial charge in [0.1, 0.15) is 0 Å². The number of hydrogen-bond donors (Lipinski definition) is 0. The molecule has 0 radical (unpaired) electrons. The number of halogens is 2. The minimum atomic E-state index is 0. The van der Waals surface area contributed by atoms with Gasteiger partial charge >= 0.3 is 0 Å². The van der Waals surface area contributed by atoms with Gasteiger partial charge in [-0.3, -0.25) is 9.69 Å². The van der Waals surface area contributed by atoms with Crippen molar-refractivity contribution < 1.29 is 4.79 Å². The third-order valence-electron chi connectivity index (χ3n) is 3.87. The summed E-state index contributed by atoms with van der Waals surface area (Å²) < 4.78 is 1.81. The summed E-state index contributed by atoms with van der Waals surface area (Å²) in [6.45, 7) is 3.45. The number of carbonyl (C=O) groups excluding carboxylic acids is 1. The van der Waals surface area contributed by atoms with Crippen molar-refractivity contribution in [2.75, 3.05) is 32.1 Å². The second kappa shape index (κ2) is 9.15. The number of hydrogen-bond acceptors (Lipinski definition) is 5. The van der Waals surface area contributed by atoms with Crippen LogP contribution < -0.4 is 4.90 Å². The van der Waals surface area contributed by atoms with Gasteiger partial charge in [0, 0.05) is 18.0 Å². The highest BCUT2D eigenvalue weighted by atomic mass is 35.5. The second-order valence-corrected chi connectivity index (χ2v) is 8.96. The van der Waals surface area contributed by atoms with E-state index in [1.807, 2.05) is 45.3 Å². The highest BCUT2D eigenvalue weighted by Crippen LogP contribution is 2.31. The molecule has 4 nitrogen and oxygen atoms in total. The number of nitrogens with zero attached hydrogens (tertiary/aromatic N) is 3. The van der Waals surface area contributed by atoms with E-state index in [2.05, 4.69) is 11.0 Å². The van der Waals surface area contributed by atoms with Crippen LogP contribution in [0.15, 0.2) is 30.3 Å². The number of aromatic nitrogens is 1. The highest BCUT2D eigenvalue weighted by molar-refractivity contribution is 7.22. The summed E-state index contributed by atoms with van der Waals surface area (Å²) in [6.07, 6.45) is 0.347. The van der Waals surface area contributed by atoms with E-state index < -0.39 is 0 Å². The molecule has 8 heteroatoms. The van der Waals surface area contributed by atoms with Gasteiger partial charge in [0.15, 0.2) is 5.13 Å². The topological polar surface area (TPSA) is 36.4 Å². The number of thiophene rings is 1. The summed E-state index contributed by atoms with van der Waals surface area (Å²) in [7, 11) is 4.01. The zero-order valence-electron chi connectivity index (χ0n) is 14.9. The zero-order chi connectivity index (χ0) is 18.0. The molecule has 0 aliphatic heterocycles. The first-order valence-corrected chi connectivity index (χ1v) is 10.0. The first kappa shape index (κ1) is 21.1. The third kappa shape index (κ3) is 4.96. The molecule has 0 saturated carbocycles. The van der Waals surface area contributed by atoms with Crippen LogP contribution in [0, 0.1) is 6.92 Å². The van der Waals surface area contributed by atoms with E-state index in [-0.39, 0.29) is 18.3 Å². The number of anilines is 1. The van der Waals surface area contributed by atoms with E-state index in [1.54, 1.807) is 16.2 Å². The predicted molar refractivity (Wildman–Crippen MR) is 116 cm³/mol. The third-order valence-corrected chi connectivity index (χ3v) is 6.14. The fourth-order valence-electron chi connectivity index (χ4n) is 2.51. The lowest BCUT2D eigenvalue weighted by Gasteiger charge is -2.21. The van der Waals surface area contributed by atoms with E-state index >= 15 is 0 Å². The molecule has 2 aromatic heterocycles. The van der Waals surface area contributed by atoms with E-state index in [9.17, 15) is 4.79 Å². The van der Waals surface area contributed by atoms with Crippen LogP contribution in [0.4, 0.5) is 5.13 Å². The second-order valence-electron chi connectivity index (χ2n) is 6.15. The molecule has 0 atom stereocenters. The monoisotopic (exact) mass is 429 g/mol. The van der Waals surface area contributed by atoms with Crippen LogP contribution in [0.5, 0.6) is 0 Å². The van der Waals surface area contributed by atoms with Crippen LogP contribution in [0.3, 0.4) is 0 Å². The minimum Gasteiger partial charge on any atom is -0.308 e. The normalized spacial score (nSPS) is 11.0. The average molecular weight is 430 g/mol. The number of para-hydroxylation sites is 1. The van der Waals surface area contributed by atoms with Gasteiger partial charge in [0.05, 0.1) is 21.0 Å². The molecule has 0 saturated heterocycles. The van der Waals surface area contributed by atoms with E-state index in [1.165, 1.54) is 11.3 Å². The minimum absolute atomic E-state index is 0. The Balaban J connectivity index is 0.00000243. The van der Waals surface area contributed by atoms with Crippen molar-refractivity contribution in [3.63, 3.8) is 0 Å². The summed E-state index contributed by atoms with van der Waals surface area (Å²) in [5, 5.41) is 0.763. The standard InChI is InChI=1S/C18H20ClN3OS2.ClH/c1-12-5-4-6-14-17(12)20-18(25-14)22(10-9-21(2)3)16(23)11-13-7-8-15(19)24-13;/h4-8H,9-11H2,1-3H3;1H. The number of aryl methyl sites for hydroxylation is 1. The van der Waals surface area contributed by atoms with E-state index in [0.717, 1.165) is 32.3 Å². The van der Waals surface area contributed by atoms with Crippen LogP contribution in [0.25, 0.3) is 10.2 Å². The van der Waals surface area contributed by atoms with Crippen molar-refractivity contribution in [2.45, 2.75) is 13.3 Å². The van der Waals surface area contributed by atoms with Gasteiger partial charge in [-0.05, 0) is 44.8 Å². The first-order chi connectivity index (χ1) is 11.9. The predicted octanol–water partition coefficient (Wildman–Crippen LogP) is 4.88. The molecule has 0 N–H and O–H groups in total. The van der Waals surface area contributed by atoms with Crippen molar-refractivity contribution in [3.05, 3.63) is 45.1 Å². The van der Waals surface area contributed by atoms with Gasteiger partial charge in [-0.15, -0.1) is 23.7 Å². The van der Waals surface area contributed by atoms with Gasteiger partial charge in [-0.2, -0.15) is 0 Å². The number of likely N-dealkylation sites (N-methyl/N-ethyl adjacent to an activating group) is 1. The van der Waals surface area contributed by atoms with Gasteiger partial charge in [0.2, 0.25) is 5.91 Å². The Morgan fingerprint density at radius 1 is 1.15 bits per heavy atom. The van der Waals surface area contributed by atoms with Crippen LogP contribution in [-0.4, -0.2) is 43.0 Å². The molecule has 0 aliphatic carbocycles. The van der Waals surface area contributed by atoms with Gasteiger partial charge in [-0.25, -0.2) is 4.98 Å². The van der Waals surface area contributed by atoms with Crippen LogP contribution in [0.2, 0.25) is 4.34 Å². The zero-order valence-corrected chi connectivity index (χ0v) is 18.1. The summed E-state index contributed by atoms with van der Waals surface area (Å²) >= 11 is 9.01. The lowest BCUT2D eigenvalue weighted by Crippen LogP contribution is -2.37. The maximum Gasteiger partial charge on any atom is 0.234 e. The number of thiazole rings is 1. The van der Waals surface area contributed by atoms with Crippen LogP contribution in [0.1, 0.15) is 10.4 Å². The van der Waals surface area contributed by atoms with Crippen molar-refractivity contribution in [1.29, 1.82) is 0 Å². The van der Waals surface area contributed by atoms with Gasteiger partial charge in [-0.1, -0.05) is 35.1 Å². The largest absolute Gasteiger partial charge is 0.308 e. The van der Waals surface area contributed by atoms with Gasteiger partial charge in [0.25, 0.3) is 0 Å². The fraction of sp³-hybridized carbons (Fsp3) is 0.333. The molecule has 1 amide bonds. The fourth-order valence-corrected chi connectivity index (χ4v) is 4.67. The Labute approximate surface area is 172 Å². The Bertz CT molecular complexity index is 892. The number of benzene rings is 1. The molecule has 140 valence electrons. The SMILES string of the molecule is Cc1cccc2sc(N(CCN(C)C)C(=O)Cc3ccc(Cl)s3)nc12.Cl. The lowest BCUT2D eigenvalue weighted by molar-refractivity contribution is -0.118.